The second-order valence-electron chi connectivity index (χ2n) is 5.09. The standard InChI is InChI=1S/C18H20FNO3/c1-14-6-4-7-15(12-14)23-13-18(21)20-10-5-11-22-17-9-3-2-8-16(17)19/h2-4,6-9,12H,5,10-11,13H2,1H3,(H,20,21). The molecule has 0 atom stereocenters. The Hall–Kier alpha value is -2.56. The largest absolute Gasteiger partial charge is 0.490 e. The zero-order valence-corrected chi connectivity index (χ0v) is 13.0. The maximum Gasteiger partial charge on any atom is 0.257 e. The van der Waals surface area contributed by atoms with Gasteiger partial charge in [0.25, 0.3) is 5.91 Å². The number of halogens is 1. The summed E-state index contributed by atoms with van der Waals surface area (Å²) in [5.74, 6) is 0.310. The lowest BCUT2D eigenvalue weighted by atomic mass is 10.2. The van der Waals surface area contributed by atoms with Crippen LogP contribution >= 0.6 is 0 Å². The van der Waals surface area contributed by atoms with Crippen LogP contribution in [0.25, 0.3) is 0 Å². The van der Waals surface area contributed by atoms with E-state index in [-0.39, 0.29) is 24.1 Å². The zero-order valence-electron chi connectivity index (χ0n) is 13.0. The predicted molar refractivity (Wildman–Crippen MR) is 86.2 cm³/mol. The highest BCUT2D eigenvalue weighted by Gasteiger charge is 2.03. The number of rotatable bonds is 8. The maximum absolute atomic E-state index is 13.3. The summed E-state index contributed by atoms with van der Waals surface area (Å²) in [5.41, 5.74) is 1.08. The van der Waals surface area contributed by atoms with Gasteiger partial charge in [0.05, 0.1) is 6.61 Å². The summed E-state index contributed by atoms with van der Waals surface area (Å²) in [6.45, 7) is 2.71. The van der Waals surface area contributed by atoms with Crippen molar-refractivity contribution in [3.05, 3.63) is 59.9 Å². The topological polar surface area (TPSA) is 47.6 Å². The van der Waals surface area contributed by atoms with Crippen molar-refractivity contribution >= 4 is 5.91 Å². The second kappa shape index (κ2) is 8.78. The van der Waals surface area contributed by atoms with Crippen LogP contribution < -0.4 is 14.8 Å². The van der Waals surface area contributed by atoms with Crippen molar-refractivity contribution in [2.45, 2.75) is 13.3 Å². The number of ether oxygens (including phenoxy) is 2. The summed E-state index contributed by atoms with van der Waals surface area (Å²) >= 11 is 0. The molecule has 0 bridgehead atoms. The average molecular weight is 317 g/mol. The van der Waals surface area contributed by atoms with Gasteiger partial charge in [-0.05, 0) is 43.2 Å². The van der Waals surface area contributed by atoms with Crippen molar-refractivity contribution < 1.29 is 18.7 Å². The molecule has 0 fully saturated rings. The Morgan fingerprint density at radius 3 is 2.74 bits per heavy atom. The van der Waals surface area contributed by atoms with E-state index >= 15 is 0 Å². The highest BCUT2D eigenvalue weighted by atomic mass is 19.1. The molecular weight excluding hydrogens is 297 g/mol. The number of hydrogen-bond donors (Lipinski definition) is 1. The monoisotopic (exact) mass is 317 g/mol. The Bertz CT molecular complexity index is 646. The number of nitrogens with one attached hydrogen (secondary N) is 1. The number of amides is 1. The molecule has 2 rings (SSSR count). The van der Waals surface area contributed by atoms with Gasteiger partial charge >= 0.3 is 0 Å². The highest BCUT2D eigenvalue weighted by molar-refractivity contribution is 5.77. The third-order valence-electron chi connectivity index (χ3n) is 3.10. The number of carbonyl (C=O) groups excluding carboxylic acids is 1. The smallest absolute Gasteiger partial charge is 0.257 e. The molecule has 0 aliphatic heterocycles. The first-order chi connectivity index (χ1) is 11.1. The van der Waals surface area contributed by atoms with Crippen LogP contribution in [0.4, 0.5) is 4.39 Å². The van der Waals surface area contributed by atoms with Gasteiger partial charge in [-0.1, -0.05) is 24.3 Å². The van der Waals surface area contributed by atoms with Crippen LogP contribution in [0.1, 0.15) is 12.0 Å². The van der Waals surface area contributed by atoms with Gasteiger partial charge < -0.3 is 14.8 Å². The average Bonchev–Trinajstić information content (AvgIpc) is 2.54. The molecule has 122 valence electrons. The van der Waals surface area contributed by atoms with Crippen molar-refractivity contribution in [3.8, 4) is 11.5 Å². The number of para-hydroxylation sites is 1. The Kier molecular flexibility index (Phi) is 6.41. The SMILES string of the molecule is Cc1cccc(OCC(=O)NCCCOc2ccccc2F)c1. The van der Waals surface area contributed by atoms with E-state index in [0.29, 0.717) is 25.3 Å². The molecule has 0 saturated heterocycles. The molecule has 1 N–H and O–H groups in total. The quantitative estimate of drug-likeness (QED) is 0.761. The first kappa shape index (κ1) is 16.8. The van der Waals surface area contributed by atoms with Crippen molar-refractivity contribution in [1.29, 1.82) is 0 Å². The fourth-order valence-electron chi connectivity index (χ4n) is 1.95. The van der Waals surface area contributed by atoms with E-state index in [4.69, 9.17) is 9.47 Å². The van der Waals surface area contributed by atoms with Crippen LogP contribution in [0, 0.1) is 12.7 Å². The predicted octanol–water partition coefficient (Wildman–Crippen LogP) is 3.10. The summed E-state index contributed by atoms with van der Waals surface area (Å²) in [5, 5.41) is 2.73. The van der Waals surface area contributed by atoms with Gasteiger partial charge in [0.2, 0.25) is 0 Å². The Labute approximate surface area is 135 Å². The third kappa shape index (κ3) is 5.98. The van der Waals surface area contributed by atoms with Gasteiger partial charge in [0.15, 0.2) is 18.2 Å². The van der Waals surface area contributed by atoms with E-state index in [9.17, 15) is 9.18 Å². The van der Waals surface area contributed by atoms with E-state index in [1.165, 1.54) is 6.07 Å². The van der Waals surface area contributed by atoms with E-state index in [0.717, 1.165) is 5.56 Å². The van der Waals surface area contributed by atoms with Gasteiger partial charge in [0, 0.05) is 6.54 Å². The highest BCUT2D eigenvalue weighted by Crippen LogP contribution is 2.15. The molecule has 0 saturated carbocycles. The zero-order chi connectivity index (χ0) is 16.5. The van der Waals surface area contributed by atoms with Crippen LogP contribution in [-0.2, 0) is 4.79 Å². The van der Waals surface area contributed by atoms with E-state index < -0.39 is 0 Å². The van der Waals surface area contributed by atoms with Crippen LogP contribution in [0.3, 0.4) is 0 Å². The minimum Gasteiger partial charge on any atom is -0.490 e. The molecule has 0 radical (unpaired) electrons. The van der Waals surface area contributed by atoms with Crippen molar-refractivity contribution in [1.82, 2.24) is 5.32 Å². The lowest BCUT2D eigenvalue weighted by Crippen LogP contribution is -2.30. The molecule has 23 heavy (non-hydrogen) atoms. The number of benzene rings is 2. The number of carbonyl (C=O) groups is 1. The summed E-state index contributed by atoms with van der Waals surface area (Å²) in [6, 6.07) is 13.8. The summed E-state index contributed by atoms with van der Waals surface area (Å²) in [6.07, 6.45) is 0.588. The molecule has 0 heterocycles. The van der Waals surface area contributed by atoms with Crippen molar-refractivity contribution in [2.75, 3.05) is 19.8 Å². The summed E-state index contributed by atoms with van der Waals surface area (Å²) < 4.78 is 24.0. The molecular formula is C18H20FNO3. The van der Waals surface area contributed by atoms with Gasteiger partial charge in [-0.3, -0.25) is 4.79 Å². The molecule has 4 nitrogen and oxygen atoms in total. The molecule has 0 aliphatic rings. The van der Waals surface area contributed by atoms with Crippen LogP contribution in [0.15, 0.2) is 48.5 Å². The van der Waals surface area contributed by atoms with Crippen molar-refractivity contribution in [3.63, 3.8) is 0 Å². The molecule has 0 aliphatic carbocycles. The van der Waals surface area contributed by atoms with Crippen LogP contribution in [0.2, 0.25) is 0 Å². The molecule has 0 spiro atoms. The molecule has 1 amide bonds. The summed E-state index contributed by atoms with van der Waals surface area (Å²) in [7, 11) is 0. The Balaban J connectivity index is 1.59. The Morgan fingerprint density at radius 1 is 1.13 bits per heavy atom. The minimum absolute atomic E-state index is 0.0301. The normalized spacial score (nSPS) is 10.2. The van der Waals surface area contributed by atoms with Crippen molar-refractivity contribution in [2.24, 2.45) is 0 Å². The van der Waals surface area contributed by atoms with Crippen LogP contribution in [0.5, 0.6) is 11.5 Å². The fraction of sp³-hybridized carbons (Fsp3) is 0.278. The van der Waals surface area contributed by atoms with Gasteiger partial charge in [-0.25, -0.2) is 4.39 Å². The fourth-order valence-corrected chi connectivity index (χ4v) is 1.95. The lowest BCUT2D eigenvalue weighted by molar-refractivity contribution is -0.123. The van der Waals surface area contributed by atoms with E-state index in [1.807, 2.05) is 31.2 Å². The first-order valence-corrected chi connectivity index (χ1v) is 7.48. The molecule has 2 aromatic carbocycles. The molecule has 0 unspecified atom stereocenters. The molecule has 5 heteroatoms. The van der Waals surface area contributed by atoms with Gasteiger partial charge in [-0.15, -0.1) is 0 Å². The Morgan fingerprint density at radius 2 is 1.96 bits per heavy atom. The number of aryl methyl sites for hydroxylation is 1. The third-order valence-corrected chi connectivity index (χ3v) is 3.10. The second-order valence-corrected chi connectivity index (χ2v) is 5.09. The van der Waals surface area contributed by atoms with Gasteiger partial charge in [-0.2, -0.15) is 0 Å². The maximum atomic E-state index is 13.3. The van der Waals surface area contributed by atoms with E-state index in [2.05, 4.69) is 5.32 Å². The molecule has 0 aromatic heterocycles. The number of hydrogen-bond acceptors (Lipinski definition) is 3. The van der Waals surface area contributed by atoms with Crippen LogP contribution in [-0.4, -0.2) is 25.7 Å². The van der Waals surface area contributed by atoms with Gasteiger partial charge in [0.1, 0.15) is 5.75 Å². The summed E-state index contributed by atoms with van der Waals surface area (Å²) in [4.78, 5) is 11.7. The first-order valence-electron chi connectivity index (χ1n) is 7.48. The minimum atomic E-state index is -0.386. The molecule has 2 aromatic rings. The lowest BCUT2D eigenvalue weighted by Gasteiger charge is -2.09. The van der Waals surface area contributed by atoms with E-state index in [1.54, 1.807) is 18.2 Å².